The van der Waals surface area contributed by atoms with Gasteiger partial charge in [-0.1, -0.05) is 60.7 Å². The minimum absolute atomic E-state index is 0.890. The summed E-state index contributed by atoms with van der Waals surface area (Å²) in [6.45, 7) is 0.890. The second-order valence-electron chi connectivity index (χ2n) is 4.32. The van der Waals surface area contributed by atoms with Crippen molar-refractivity contribution < 1.29 is 0 Å². The fourth-order valence-corrected chi connectivity index (χ4v) is 2.24. The lowest BCUT2D eigenvalue weighted by atomic mass is 10.1. The number of hydrogen-bond acceptors (Lipinski definition) is 1. The Morgan fingerprint density at radius 3 is 2.53 bits per heavy atom. The van der Waals surface area contributed by atoms with E-state index in [-0.39, 0.29) is 0 Å². The van der Waals surface area contributed by atoms with Gasteiger partial charge in [-0.05, 0) is 17.5 Å². The fraction of sp³-hybridized carbons (Fsp3) is 0.125. The first-order valence-electron chi connectivity index (χ1n) is 6.00. The molecule has 0 atom stereocenters. The maximum absolute atomic E-state index is 3.52. The van der Waals surface area contributed by atoms with Gasteiger partial charge in [-0.3, -0.25) is 0 Å². The summed E-state index contributed by atoms with van der Waals surface area (Å²) in [5, 5.41) is 3.52. The van der Waals surface area contributed by atoms with Crippen LogP contribution in [0.1, 0.15) is 16.7 Å². The normalized spacial score (nSPS) is 13.1. The maximum atomic E-state index is 3.52. The van der Waals surface area contributed by atoms with Crippen LogP contribution in [0.2, 0.25) is 0 Å². The summed E-state index contributed by atoms with van der Waals surface area (Å²) in [7, 11) is 0. The standard InChI is InChI=1S/C16H15N/c1-2-6-13(7-3-1)12-17-16-11-10-14-8-4-5-9-15(14)16/h1-9,11,17H,10,12H2. The third-order valence-corrected chi connectivity index (χ3v) is 3.16. The smallest absolute Gasteiger partial charge is 0.0400 e. The van der Waals surface area contributed by atoms with E-state index in [0.717, 1.165) is 13.0 Å². The van der Waals surface area contributed by atoms with Gasteiger partial charge < -0.3 is 5.32 Å². The van der Waals surface area contributed by atoms with Gasteiger partial charge in [0, 0.05) is 17.8 Å². The van der Waals surface area contributed by atoms with E-state index in [0.29, 0.717) is 0 Å². The molecule has 0 aromatic heterocycles. The number of benzene rings is 2. The molecule has 0 saturated carbocycles. The van der Waals surface area contributed by atoms with Crippen LogP contribution in [0.15, 0.2) is 60.7 Å². The van der Waals surface area contributed by atoms with E-state index in [4.69, 9.17) is 0 Å². The zero-order valence-corrected chi connectivity index (χ0v) is 9.69. The SMILES string of the molecule is C1=C(NCc2ccccc2)c2ccccc2C1. The van der Waals surface area contributed by atoms with Crippen molar-refractivity contribution >= 4 is 5.70 Å². The Morgan fingerprint density at radius 1 is 0.882 bits per heavy atom. The Labute approximate surface area is 102 Å². The van der Waals surface area contributed by atoms with Gasteiger partial charge in [0.2, 0.25) is 0 Å². The Hall–Kier alpha value is -2.02. The summed E-state index contributed by atoms with van der Waals surface area (Å²) >= 11 is 0. The fourth-order valence-electron chi connectivity index (χ4n) is 2.24. The number of hydrogen-bond donors (Lipinski definition) is 1. The second-order valence-corrected chi connectivity index (χ2v) is 4.32. The van der Waals surface area contributed by atoms with E-state index < -0.39 is 0 Å². The molecule has 3 rings (SSSR count). The lowest BCUT2D eigenvalue weighted by Crippen LogP contribution is -2.10. The maximum Gasteiger partial charge on any atom is 0.0400 e. The van der Waals surface area contributed by atoms with E-state index in [9.17, 15) is 0 Å². The molecule has 0 spiro atoms. The lowest BCUT2D eigenvalue weighted by Gasteiger charge is -2.09. The van der Waals surface area contributed by atoms with Crippen LogP contribution < -0.4 is 5.32 Å². The predicted molar refractivity (Wildman–Crippen MR) is 71.4 cm³/mol. The molecule has 0 bridgehead atoms. The Bertz CT molecular complexity index is 540. The predicted octanol–water partition coefficient (Wildman–Crippen LogP) is 3.37. The first kappa shape index (κ1) is 10.2. The third kappa shape index (κ3) is 2.09. The highest BCUT2D eigenvalue weighted by molar-refractivity contribution is 5.71. The largest absolute Gasteiger partial charge is 0.381 e. The molecule has 0 fully saturated rings. The van der Waals surface area contributed by atoms with E-state index >= 15 is 0 Å². The molecule has 0 radical (unpaired) electrons. The molecule has 0 amide bonds. The first-order chi connectivity index (χ1) is 8.43. The van der Waals surface area contributed by atoms with Crippen molar-refractivity contribution in [2.75, 3.05) is 0 Å². The van der Waals surface area contributed by atoms with Crippen molar-refractivity contribution in [1.82, 2.24) is 5.32 Å². The monoisotopic (exact) mass is 221 g/mol. The van der Waals surface area contributed by atoms with Gasteiger partial charge in [0.15, 0.2) is 0 Å². The van der Waals surface area contributed by atoms with Crippen LogP contribution in [0.3, 0.4) is 0 Å². The summed E-state index contributed by atoms with van der Waals surface area (Å²) < 4.78 is 0. The minimum Gasteiger partial charge on any atom is -0.381 e. The van der Waals surface area contributed by atoms with Gasteiger partial charge in [-0.25, -0.2) is 0 Å². The summed E-state index contributed by atoms with van der Waals surface area (Å²) in [5.41, 5.74) is 5.36. The molecular weight excluding hydrogens is 206 g/mol. The summed E-state index contributed by atoms with van der Waals surface area (Å²) in [4.78, 5) is 0. The van der Waals surface area contributed by atoms with E-state index in [2.05, 4.69) is 59.9 Å². The number of nitrogens with one attached hydrogen (secondary N) is 1. The minimum atomic E-state index is 0.890. The van der Waals surface area contributed by atoms with Gasteiger partial charge in [-0.2, -0.15) is 0 Å². The second kappa shape index (κ2) is 4.46. The van der Waals surface area contributed by atoms with Crippen LogP contribution >= 0.6 is 0 Å². The van der Waals surface area contributed by atoms with Crippen molar-refractivity contribution in [3.05, 3.63) is 77.4 Å². The number of allylic oxidation sites excluding steroid dienone is 1. The molecule has 1 aliphatic rings. The van der Waals surface area contributed by atoms with Crippen LogP contribution in [0.4, 0.5) is 0 Å². The van der Waals surface area contributed by atoms with Crippen molar-refractivity contribution in [1.29, 1.82) is 0 Å². The molecule has 0 aliphatic heterocycles. The molecule has 0 unspecified atom stereocenters. The van der Waals surface area contributed by atoms with E-state index in [1.54, 1.807) is 0 Å². The Kier molecular flexibility index (Phi) is 2.66. The molecule has 0 heterocycles. The van der Waals surface area contributed by atoms with Gasteiger partial charge >= 0.3 is 0 Å². The summed E-state index contributed by atoms with van der Waals surface area (Å²) in [5.74, 6) is 0. The highest BCUT2D eigenvalue weighted by atomic mass is 14.9. The van der Waals surface area contributed by atoms with Crippen LogP contribution in [0, 0.1) is 0 Å². The molecular formula is C16H15N. The average molecular weight is 221 g/mol. The highest BCUT2D eigenvalue weighted by Gasteiger charge is 2.12. The zero-order chi connectivity index (χ0) is 11.5. The summed E-state index contributed by atoms with van der Waals surface area (Å²) in [6, 6.07) is 19.1. The van der Waals surface area contributed by atoms with Gasteiger partial charge in [0.05, 0.1) is 0 Å². The molecule has 0 saturated heterocycles. The Balaban J connectivity index is 1.72. The van der Waals surface area contributed by atoms with Crippen LogP contribution in [0.5, 0.6) is 0 Å². The molecule has 17 heavy (non-hydrogen) atoms. The van der Waals surface area contributed by atoms with Gasteiger partial charge in [-0.15, -0.1) is 0 Å². The first-order valence-corrected chi connectivity index (χ1v) is 6.00. The molecule has 1 N–H and O–H groups in total. The van der Waals surface area contributed by atoms with Gasteiger partial charge in [0.25, 0.3) is 0 Å². The van der Waals surface area contributed by atoms with Crippen molar-refractivity contribution in [2.45, 2.75) is 13.0 Å². The average Bonchev–Trinajstić information content (AvgIpc) is 2.81. The molecule has 1 aliphatic carbocycles. The molecule has 2 aromatic carbocycles. The van der Waals surface area contributed by atoms with Gasteiger partial charge in [0.1, 0.15) is 0 Å². The third-order valence-electron chi connectivity index (χ3n) is 3.16. The van der Waals surface area contributed by atoms with E-state index in [1.165, 1.54) is 22.4 Å². The summed E-state index contributed by atoms with van der Waals surface area (Å²) in [6.07, 6.45) is 3.32. The quantitative estimate of drug-likeness (QED) is 0.838. The number of rotatable bonds is 3. The van der Waals surface area contributed by atoms with Crippen LogP contribution in [0.25, 0.3) is 5.70 Å². The lowest BCUT2D eigenvalue weighted by molar-refractivity contribution is 0.891. The topological polar surface area (TPSA) is 12.0 Å². The number of fused-ring (bicyclic) bond motifs is 1. The molecule has 1 nitrogen and oxygen atoms in total. The zero-order valence-electron chi connectivity index (χ0n) is 9.69. The van der Waals surface area contributed by atoms with Crippen molar-refractivity contribution in [3.8, 4) is 0 Å². The van der Waals surface area contributed by atoms with Crippen LogP contribution in [-0.4, -0.2) is 0 Å². The van der Waals surface area contributed by atoms with Crippen molar-refractivity contribution in [2.24, 2.45) is 0 Å². The molecule has 2 aromatic rings. The van der Waals surface area contributed by atoms with Crippen molar-refractivity contribution in [3.63, 3.8) is 0 Å². The molecule has 84 valence electrons. The highest BCUT2D eigenvalue weighted by Crippen LogP contribution is 2.25. The Morgan fingerprint density at radius 2 is 1.65 bits per heavy atom. The van der Waals surface area contributed by atoms with E-state index in [1.807, 2.05) is 6.07 Å². The molecule has 1 heteroatoms. The van der Waals surface area contributed by atoms with Crippen LogP contribution in [-0.2, 0) is 13.0 Å².